The van der Waals surface area contributed by atoms with E-state index in [1.165, 1.54) is 5.69 Å². The lowest BCUT2D eigenvalue weighted by molar-refractivity contribution is 0.259. The Morgan fingerprint density at radius 2 is 1.74 bits per heavy atom. The molecule has 0 aliphatic carbocycles. The first-order valence-electron chi connectivity index (χ1n) is 9.43. The minimum atomic E-state index is 0.769. The van der Waals surface area contributed by atoms with Crippen LogP contribution in [0.25, 0.3) is 5.82 Å². The van der Waals surface area contributed by atoms with Gasteiger partial charge >= 0.3 is 0 Å². The Labute approximate surface area is 159 Å². The quantitative estimate of drug-likeness (QED) is 0.691. The molecule has 1 saturated heterocycles. The Balaban J connectivity index is 1.36. The van der Waals surface area contributed by atoms with Gasteiger partial charge in [-0.2, -0.15) is 5.10 Å². The molecule has 1 fully saturated rings. The van der Waals surface area contributed by atoms with Gasteiger partial charge in [-0.1, -0.05) is 6.07 Å². The van der Waals surface area contributed by atoms with E-state index in [0.717, 1.165) is 62.3 Å². The fourth-order valence-electron chi connectivity index (χ4n) is 3.43. The van der Waals surface area contributed by atoms with Crippen molar-refractivity contribution in [3.8, 4) is 5.82 Å². The lowest BCUT2D eigenvalue weighted by atomic mass is 10.2. The van der Waals surface area contributed by atoms with Crippen LogP contribution >= 0.6 is 0 Å². The van der Waals surface area contributed by atoms with Crippen molar-refractivity contribution in [3.63, 3.8) is 0 Å². The zero-order valence-corrected chi connectivity index (χ0v) is 15.9. The van der Waals surface area contributed by atoms with Crippen molar-refractivity contribution < 1.29 is 0 Å². The van der Waals surface area contributed by atoms with Crippen LogP contribution in [-0.4, -0.2) is 62.4 Å². The largest absolute Gasteiger partial charge is 0.354 e. The number of aromatic nitrogens is 5. The third-order valence-electron chi connectivity index (χ3n) is 4.88. The van der Waals surface area contributed by atoms with E-state index in [2.05, 4.69) is 42.0 Å². The van der Waals surface area contributed by atoms with Crippen molar-refractivity contribution in [3.05, 3.63) is 59.9 Å². The summed E-state index contributed by atoms with van der Waals surface area (Å²) in [5.74, 6) is 2.56. The number of rotatable bonds is 5. The van der Waals surface area contributed by atoms with Crippen LogP contribution in [0.2, 0.25) is 0 Å². The lowest BCUT2D eigenvalue weighted by Crippen LogP contribution is -2.47. The summed E-state index contributed by atoms with van der Waals surface area (Å²) >= 11 is 0. The lowest BCUT2D eigenvalue weighted by Gasteiger charge is -2.35. The van der Waals surface area contributed by atoms with Gasteiger partial charge in [0.25, 0.3) is 0 Å². The van der Waals surface area contributed by atoms with Crippen molar-refractivity contribution in [1.29, 1.82) is 0 Å². The molecule has 4 heterocycles. The van der Waals surface area contributed by atoms with E-state index in [-0.39, 0.29) is 0 Å². The van der Waals surface area contributed by atoms with Crippen molar-refractivity contribution >= 4 is 5.82 Å². The van der Waals surface area contributed by atoms with Crippen LogP contribution in [0.3, 0.4) is 0 Å². The highest BCUT2D eigenvalue weighted by Gasteiger charge is 2.19. The van der Waals surface area contributed by atoms with Gasteiger partial charge in [-0.25, -0.2) is 14.6 Å². The number of nitrogens with zero attached hydrogens (tertiary/aromatic N) is 7. The molecular weight excluding hydrogens is 338 g/mol. The van der Waals surface area contributed by atoms with Crippen molar-refractivity contribution in [2.24, 2.45) is 0 Å². The maximum Gasteiger partial charge on any atom is 0.159 e. The molecule has 4 rings (SSSR count). The predicted octanol–water partition coefficient (Wildman–Crippen LogP) is 2.04. The highest BCUT2D eigenvalue weighted by Crippen LogP contribution is 2.17. The second-order valence-electron chi connectivity index (χ2n) is 6.93. The molecule has 0 unspecified atom stereocenters. The summed E-state index contributed by atoms with van der Waals surface area (Å²) in [6.45, 7) is 9.03. The van der Waals surface area contributed by atoms with E-state index in [1.807, 2.05) is 38.2 Å². The maximum absolute atomic E-state index is 4.64. The smallest absolute Gasteiger partial charge is 0.159 e. The molecule has 0 amide bonds. The van der Waals surface area contributed by atoms with Crippen LogP contribution in [-0.2, 0) is 6.42 Å². The molecule has 0 N–H and O–H groups in total. The number of hydrogen-bond acceptors (Lipinski definition) is 6. The number of hydrogen-bond donors (Lipinski definition) is 0. The van der Waals surface area contributed by atoms with Crippen LogP contribution in [0, 0.1) is 13.8 Å². The second kappa shape index (κ2) is 7.84. The van der Waals surface area contributed by atoms with Gasteiger partial charge < -0.3 is 4.90 Å². The molecule has 0 radical (unpaired) electrons. The van der Waals surface area contributed by atoms with Gasteiger partial charge in [0.1, 0.15) is 11.6 Å². The van der Waals surface area contributed by atoms with Gasteiger partial charge in [0.05, 0.1) is 0 Å². The molecule has 0 atom stereocenters. The Morgan fingerprint density at radius 1 is 0.926 bits per heavy atom. The van der Waals surface area contributed by atoms with Gasteiger partial charge in [0, 0.05) is 69.0 Å². The topological polar surface area (TPSA) is 63.0 Å². The Hall–Kier alpha value is -2.80. The normalized spacial score (nSPS) is 15.3. The Bertz CT molecular complexity index is 883. The summed E-state index contributed by atoms with van der Waals surface area (Å²) in [5.41, 5.74) is 2.26. The monoisotopic (exact) mass is 363 g/mol. The molecule has 7 nitrogen and oxygen atoms in total. The average molecular weight is 363 g/mol. The van der Waals surface area contributed by atoms with Gasteiger partial charge in [-0.3, -0.25) is 9.88 Å². The van der Waals surface area contributed by atoms with E-state index in [0.29, 0.717) is 0 Å². The fourth-order valence-corrected chi connectivity index (χ4v) is 3.43. The SMILES string of the molecule is Cc1cccc(CCN2CCN(c3cc(-n4cccn4)nc(C)n3)CC2)n1. The summed E-state index contributed by atoms with van der Waals surface area (Å²) in [7, 11) is 0. The van der Waals surface area contributed by atoms with Crippen molar-refractivity contribution in [1.82, 2.24) is 29.6 Å². The molecule has 27 heavy (non-hydrogen) atoms. The van der Waals surface area contributed by atoms with E-state index >= 15 is 0 Å². The molecule has 140 valence electrons. The minimum absolute atomic E-state index is 0.769. The first-order valence-corrected chi connectivity index (χ1v) is 9.43. The highest BCUT2D eigenvalue weighted by molar-refractivity contribution is 5.44. The van der Waals surface area contributed by atoms with Crippen LogP contribution < -0.4 is 4.90 Å². The zero-order valence-electron chi connectivity index (χ0n) is 15.9. The van der Waals surface area contributed by atoms with Crippen molar-refractivity contribution in [2.45, 2.75) is 20.3 Å². The first kappa shape index (κ1) is 17.6. The fraction of sp³-hybridized carbons (Fsp3) is 0.400. The Morgan fingerprint density at radius 3 is 2.48 bits per heavy atom. The van der Waals surface area contributed by atoms with E-state index in [1.54, 1.807) is 10.9 Å². The van der Waals surface area contributed by atoms with Gasteiger partial charge in [0.15, 0.2) is 5.82 Å². The highest BCUT2D eigenvalue weighted by atomic mass is 15.3. The molecule has 3 aromatic heterocycles. The number of pyridine rings is 1. The first-order chi connectivity index (χ1) is 13.2. The minimum Gasteiger partial charge on any atom is -0.354 e. The molecule has 3 aromatic rings. The van der Waals surface area contributed by atoms with Crippen LogP contribution in [0.15, 0.2) is 42.7 Å². The van der Waals surface area contributed by atoms with Crippen LogP contribution in [0.1, 0.15) is 17.2 Å². The third kappa shape index (κ3) is 4.31. The zero-order chi connectivity index (χ0) is 18.6. The number of anilines is 1. The second-order valence-corrected chi connectivity index (χ2v) is 6.93. The van der Waals surface area contributed by atoms with E-state index in [9.17, 15) is 0 Å². The van der Waals surface area contributed by atoms with Gasteiger partial charge in [-0.15, -0.1) is 0 Å². The van der Waals surface area contributed by atoms with Gasteiger partial charge in [-0.05, 0) is 32.0 Å². The van der Waals surface area contributed by atoms with Crippen LogP contribution in [0.5, 0.6) is 0 Å². The van der Waals surface area contributed by atoms with Crippen molar-refractivity contribution in [2.75, 3.05) is 37.6 Å². The van der Waals surface area contributed by atoms with Crippen LogP contribution in [0.4, 0.5) is 5.82 Å². The summed E-state index contributed by atoms with van der Waals surface area (Å²) in [6.07, 6.45) is 4.67. The number of aryl methyl sites for hydroxylation is 2. The summed E-state index contributed by atoms with van der Waals surface area (Å²) in [5, 5.41) is 4.28. The third-order valence-corrected chi connectivity index (χ3v) is 4.88. The standard InChI is InChI=1S/C20H25N7/c1-16-5-3-6-18(22-16)7-10-25-11-13-26(14-12-25)19-15-20(24-17(2)23-19)27-9-4-8-21-27/h3-6,8-9,15H,7,10-14H2,1-2H3. The predicted molar refractivity (Wildman–Crippen MR) is 105 cm³/mol. The summed E-state index contributed by atoms with van der Waals surface area (Å²) in [6, 6.07) is 10.2. The molecule has 7 heteroatoms. The van der Waals surface area contributed by atoms with E-state index < -0.39 is 0 Å². The van der Waals surface area contributed by atoms with Gasteiger partial charge in [0.2, 0.25) is 0 Å². The molecule has 0 aromatic carbocycles. The Kier molecular flexibility index (Phi) is 5.11. The molecule has 0 bridgehead atoms. The molecule has 0 saturated carbocycles. The summed E-state index contributed by atoms with van der Waals surface area (Å²) < 4.78 is 1.78. The average Bonchev–Trinajstić information content (AvgIpc) is 3.21. The van der Waals surface area contributed by atoms with E-state index in [4.69, 9.17) is 0 Å². The molecule has 1 aliphatic heterocycles. The summed E-state index contributed by atoms with van der Waals surface area (Å²) in [4.78, 5) is 18.6. The maximum atomic E-state index is 4.64. The molecule has 1 aliphatic rings. The molecular formula is C20H25N7. The number of piperazine rings is 1. The molecule has 0 spiro atoms.